The maximum absolute atomic E-state index is 13.0. The Bertz CT molecular complexity index is 1410. The average Bonchev–Trinajstić information content (AvgIpc) is 2.89. The normalized spacial score (nSPS) is 14.0. The Morgan fingerprint density at radius 2 is 1.71 bits per heavy atom. The zero-order chi connectivity index (χ0) is 29.8. The van der Waals surface area contributed by atoms with Crippen LogP contribution >= 0.6 is 11.6 Å². The molecular weight excluding hydrogens is 561 g/mol. The highest BCUT2D eigenvalue weighted by Crippen LogP contribution is 2.31. The Balaban J connectivity index is 1.39. The number of nitrogens with one attached hydrogen (secondary N) is 2. The molecule has 0 spiro atoms. The summed E-state index contributed by atoms with van der Waals surface area (Å²) in [6.45, 7) is 6.77. The van der Waals surface area contributed by atoms with E-state index in [-0.39, 0.29) is 5.69 Å². The monoisotopic (exact) mass is 590 g/mol. The summed E-state index contributed by atoms with van der Waals surface area (Å²) in [5, 5.41) is 5.65. The third kappa shape index (κ3) is 8.23. The number of para-hydroxylation sites is 1. The van der Waals surface area contributed by atoms with Crippen LogP contribution in [0.4, 0.5) is 40.0 Å². The number of amides is 3. The van der Waals surface area contributed by atoms with Gasteiger partial charge in [0.25, 0.3) is 0 Å². The highest BCUT2D eigenvalue weighted by atomic mass is 35.5. The van der Waals surface area contributed by atoms with Crippen molar-refractivity contribution in [3.63, 3.8) is 0 Å². The smallest absolute Gasteiger partial charge is 0.416 e. The van der Waals surface area contributed by atoms with Crippen molar-refractivity contribution in [2.45, 2.75) is 39.0 Å². The van der Waals surface area contributed by atoms with Crippen molar-refractivity contribution in [1.82, 2.24) is 14.9 Å². The van der Waals surface area contributed by atoms with Crippen LogP contribution < -0.4 is 15.5 Å². The second-order valence-corrected chi connectivity index (χ2v) is 10.8. The number of hydrogen-bond acceptors (Lipinski definition) is 6. The molecule has 0 atom stereocenters. The minimum absolute atomic E-state index is 0.0668. The third-order valence-electron chi connectivity index (χ3n) is 6.08. The van der Waals surface area contributed by atoms with Crippen LogP contribution in [0.15, 0.2) is 54.7 Å². The molecule has 1 fully saturated rings. The lowest BCUT2D eigenvalue weighted by atomic mass is 10.1. The lowest BCUT2D eigenvalue weighted by Crippen LogP contribution is -2.50. The number of anilines is 3. The van der Waals surface area contributed by atoms with Gasteiger partial charge in [0.2, 0.25) is 0 Å². The van der Waals surface area contributed by atoms with Crippen LogP contribution in [0.2, 0.25) is 5.02 Å². The number of ether oxygens (including phenoxy) is 1. The van der Waals surface area contributed by atoms with E-state index >= 15 is 0 Å². The van der Waals surface area contributed by atoms with Crippen molar-refractivity contribution >= 4 is 40.9 Å². The molecule has 2 N–H and O–H groups in total. The van der Waals surface area contributed by atoms with Gasteiger partial charge in [0.15, 0.2) is 5.82 Å². The van der Waals surface area contributed by atoms with Gasteiger partial charge in [0.1, 0.15) is 16.4 Å². The molecule has 0 saturated carbocycles. The summed E-state index contributed by atoms with van der Waals surface area (Å²) in [4.78, 5) is 37.5. The van der Waals surface area contributed by atoms with Crippen molar-refractivity contribution < 1.29 is 27.5 Å². The first kappa shape index (κ1) is 29.9. The third-order valence-corrected chi connectivity index (χ3v) is 6.35. The van der Waals surface area contributed by atoms with Crippen LogP contribution in [0, 0.1) is 0 Å². The zero-order valence-corrected chi connectivity index (χ0v) is 23.5. The largest absolute Gasteiger partial charge is 0.444 e. The Hall–Kier alpha value is -4.06. The number of benzene rings is 2. The van der Waals surface area contributed by atoms with Gasteiger partial charge < -0.3 is 19.9 Å². The number of nitrogens with zero attached hydrogens (tertiary/aromatic N) is 4. The number of hydrogen-bond donors (Lipinski definition) is 2. The predicted octanol–water partition coefficient (Wildman–Crippen LogP) is 6.44. The number of rotatable bonds is 5. The van der Waals surface area contributed by atoms with E-state index in [9.17, 15) is 22.8 Å². The van der Waals surface area contributed by atoms with Gasteiger partial charge in [-0.25, -0.2) is 19.6 Å². The van der Waals surface area contributed by atoms with E-state index in [2.05, 4.69) is 20.6 Å². The van der Waals surface area contributed by atoms with Crippen LogP contribution in [-0.4, -0.2) is 58.8 Å². The summed E-state index contributed by atoms with van der Waals surface area (Å²) in [7, 11) is 0. The summed E-state index contributed by atoms with van der Waals surface area (Å²) in [5.74, 6) is 0.986. The number of aromatic nitrogens is 2. The van der Waals surface area contributed by atoms with Crippen LogP contribution in [-0.2, 0) is 17.3 Å². The summed E-state index contributed by atoms with van der Waals surface area (Å²) >= 11 is 6.43. The Morgan fingerprint density at radius 3 is 2.39 bits per heavy atom. The highest BCUT2D eigenvalue weighted by Gasteiger charge is 2.31. The molecule has 1 aliphatic heterocycles. The zero-order valence-electron chi connectivity index (χ0n) is 22.8. The summed E-state index contributed by atoms with van der Waals surface area (Å²) < 4.78 is 44.4. The standard InChI is InChI=1S/C28H30ClF3N6O3/c1-27(2,3)41-26(40)35-22-10-5-4-7-18(22)15-23-33-17-21(29)24(36-23)37-11-13-38(14-12-37)25(39)34-20-9-6-8-19(16-20)28(30,31)32/h4-10,16-17H,11-15H2,1-3H3,(H,34,39)(H,35,40). The average molecular weight is 591 g/mol. The van der Waals surface area contributed by atoms with Gasteiger partial charge in [0, 0.05) is 44.0 Å². The van der Waals surface area contributed by atoms with E-state index in [0.717, 1.165) is 17.7 Å². The summed E-state index contributed by atoms with van der Waals surface area (Å²) in [6.07, 6.45) is -3.25. The van der Waals surface area contributed by atoms with Crippen LogP contribution in [0.3, 0.4) is 0 Å². The molecule has 41 heavy (non-hydrogen) atoms. The molecule has 0 aliphatic carbocycles. The number of alkyl halides is 3. The molecule has 1 saturated heterocycles. The fourth-order valence-electron chi connectivity index (χ4n) is 4.18. The van der Waals surface area contributed by atoms with E-state index in [1.165, 1.54) is 23.2 Å². The molecule has 0 bridgehead atoms. The van der Waals surface area contributed by atoms with Crippen molar-refractivity contribution in [1.29, 1.82) is 0 Å². The maximum atomic E-state index is 13.0. The first-order valence-electron chi connectivity index (χ1n) is 12.9. The molecule has 1 aliphatic rings. The molecule has 2 aromatic carbocycles. The molecular formula is C28H30ClF3N6O3. The lowest BCUT2D eigenvalue weighted by Gasteiger charge is -2.35. The molecule has 1 aromatic heterocycles. The number of halogens is 4. The fraction of sp³-hybridized carbons (Fsp3) is 0.357. The molecule has 0 radical (unpaired) electrons. The van der Waals surface area contributed by atoms with Crippen LogP contribution in [0.25, 0.3) is 0 Å². The second kappa shape index (κ2) is 12.2. The van der Waals surface area contributed by atoms with Crippen molar-refractivity contribution in [2.75, 3.05) is 41.7 Å². The number of piperazine rings is 1. The Kier molecular flexibility index (Phi) is 8.91. The van der Waals surface area contributed by atoms with Gasteiger partial charge in [-0.3, -0.25) is 5.32 Å². The molecule has 9 nitrogen and oxygen atoms in total. The van der Waals surface area contributed by atoms with Gasteiger partial charge in [-0.2, -0.15) is 13.2 Å². The van der Waals surface area contributed by atoms with Gasteiger partial charge in [-0.15, -0.1) is 0 Å². The van der Waals surface area contributed by atoms with Crippen molar-refractivity contribution in [2.24, 2.45) is 0 Å². The van der Waals surface area contributed by atoms with Crippen molar-refractivity contribution in [3.8, 4) is 0 Å². The van der Waals surface area contributed by atoms with Crippen molar-refractivity contribution in [3.05, 3.63) is 76.7 Å². The summed E-state index contributed by atoms with van der Waals surface area (Å²) in [6, 6.07) is 11.3. The molecule has 3 amide bonds. The van der Waals surface area contributed by atoms with Crippen LogP contribution in [0.1, 0.15) is 37.7 Å². The maximum Gasteiger partial charge on any atom is 0.416 e. The van der Waals surface area contributed by atoms with Gasteiger partial charge in [-0.1, -0.05) is 35.9 Å². The minimum atomic E-state index is -4.50. The second-order valence-electron chi connectivity index (χ2n) is 10.4. The quantitative estimate of drug-likeness (QED) is 0.355. The van der Waals surface area contributed by atoms with Gasteiger partial charge in [-0.05, 0) is 50.6 Å². The first-order chi connectivity index (χ1) is 19.3. The highest BCUT2D eigenvalue weighted by molar-refractivity contribution is 6.32. The molecule has 13 heteroatoms. The molecule has 4 rings (SSSR count). The van der Waals surface area contributed by atoms with E-state index in [1.54, 1.807) is 32.9 Å². The minimum Gasteiger partial charge on any atom is -0.444 e. The molecule has 218 valence electrons. The molecule has 3 aromatic rings. The van der Waals surface area contributed by atoms with E-state index < -0.39 is 29.5 Å². The lowest BCUT2D eigenvalue weighted by molar-refractivity contribution is -0.137. The Labute approximate surface area is 240 Å². The van der Waals surface area contributed by atoms with Crippen LogP contribution in [0.5, 0.6) is 0 Å². The summed E-state index contributed by atoms with van der Waals surface area (Å²) in [5.41, 5.74) is -0.0597. The Morgan fingerprint density at radius 1 is 1.00 bits per heavy atom. The number of carbonyl (C=O) groups is 2. The van der Waals surface area contributed by atoms with E-state index in [1.807, 2.05) is 17.0 Å². The van der Waals surface area contributed by atoms with E-state index in [0.29, 0.717) is 55.0 Å². The fourth-order valence-corrected chi connectivity index (χ4v) is 4.39. The number of urea groups is 1. The molecule has 2 heterocycles. The topological polar surface area (TPSA) is 99.7 Å². The van der Waals surface area contributed by atoms with Gasteiger partial charge in [0.05, 0.1) is 11.8 Å². The van der Waals surface area contributed by atoms with E-state index in [4.69, 9.17) is 16.3 Å². The first-order valence-corrected chi connectivity index (χ1v) is 13.2. The van der Waals surface area contributed by atoms with Gasteiger partial charge >= 0.3 is 18.3 Å². The number of carbonyl (C=O) groups excluding carboxylic acids is 2. The molecule has 0 unspecified atom stereocenters. The SMILES string of the molecule is CC(C)(C)OC(=O)Nc1ccccc1Cc1ncc(Cl)c(N2CCN(C(=O)Nc3cccc(C(F)(F)F)c3)CC2)n1. The predicted molar refractivity (Wildman–Crippen MR) is 150 cm³/mol.